The van der Waals surface area contributed by atoms with Crippen molar-refractivity contribution < 1.29 is 0 Å². The molecule has 1 unspecified atom stereocenters. The van der Waals surface area contributed by atoms with E-state index in [4.69, 9.17) is 5.73 Å². The van der Waals surface area contributed by atoms with Crippen LogP contribution >= 0.6 is 11.3 Å². The predicted octanol–water partition coefficient (Wildman–Crippen LogP) is 2.90. The summed E-state index contributed by atoms with van der Waals surface area (Å²) in [7, 11) is 0. The summed E-state index contributed by atoms with van der Waals surface area (Å²) < 4.78 is 0. The van der Waals surface area contributed by atoms with Gasteiger partial charge in [0.15, 0.2) is 0 Å². The summed E-state index contributed by atoms with van der Waals surface area (Å²) in [5.74, 6) is 0. The molecule has 0 aromatic carbocycles. The van der Waals surface area contributed by atoms with E-state index in [1.807, 2.05) is 11.7 Å². The van der Waals surface area contributed by atoms with Crippen molar-refractivity contribution in [2.45, 2.75) is 40.2 Å². The first-order chi connectivity index (χ1) is 8.00. The van der Waals surface area contributed by atoms with Crippen LogP contribution in [0.2, 0.25) is 0 Å². The van der Waals surface area contributed by atoms with Gasteiger partial charge >= 0.3 is 0 Å². The molecule has 0 spiro atoms. The van der Waals surface area contributed by atoms with Gasteiger partial charge < -0.3 is 5.73 Å². The zero-order valence-corrected chi connectivity index (χ0v) is 12.3. The standard InChI is InChI=1S/C13H25N3S/c1-5-6-16(9-13(3,4)8-14)11(2)12-7-15-10-17-12/h7,10-11H,5-6,8-9,14H2,1-4H3. The maximum Gasteiger partial charge on any atom is 0.0794 e. The number of nitrogens with zero attached hydrogens (tertiary/aromatic N) is 2. The van der Waals surface area contributed by atoms with E-state index in [1.165, 1.54) is 11.3 Å². The summed E-state index contributed by atoms with van der Waals surface area (Å²) in [6, 6.07) is 0.438. The van der Waals surface area contributed by atoms with Crippen LogP contribution in [0.1, 0.15) is 45.0 Å². The molecule has 0 fully saturated rings. The smallest absolute Gasteiger partial charge is 0.0794 e. The maximum atomic E-state index is 5.83. The Bertz CT molecular complexity index is 308. The lowest BCUT2D eigenvalue weighted by molar-refractivity contribution is 0.142. The molecule has 0 aliphatic carbocycles. The van der Waals surface area contributed by atoms with Crippen LogP contribution in [-0.4, -0.2) is 29.5 Å². The molecule has 0 radical (unpaired) electrons. The summed E-state index contributed by atoms with van der Waals surface area (Å²) in [4.78, 5) is 8.02. The molecule has 0 aliphatic rings. The lowest BCUT2D eigenvalue weighted by Gasteiger charge is -2.35. The number of aromatic nitrogens is 1. The normalized spacial score (nSPS) is 14.2. The van der Waals surface area contributed by atoms with Gasteiger partial charge in [-0.2, -0.15) is 0 Å². The topological polar surface area (TPSA) is 42.1 Å². The monoisotopic (exact) mass is 255 g/mol. The average Bonchev–Trinajstić information content (AvgIpc) is 2.81. The van der Waals surface area contributed by atoms with E-state index >= 15 is 0 Å². The van der Waals surface area contributed by atoms with E-state index in [0.717, 1.165) is 19.6 Å². The predicted molar refractivity (Wildman–Crippen MR) is 75.2 cm³/mol. The highest BCUT2D eigenvalue weighted by atomic mass is 32.1. The fraction of sp³-hybridized carbons (Fsp3) is 0.769. The largest absolute Gasteiger partial charge is 0.330 e. The maximum absolute atomic E-state index is 5.83. The molecule has 17 heavy (non-hydrogen) atoms. The second kappa shape index (κ2) is 6.47. The molecule has 0 aliphatic heterocycles. The summed E-state index contributed by atoms with van der Waals surface area (Å²) >= 11 is 1.73. The van der Waals surface area contributed by atoms with Gasteiger partial charge in [-0.05, 0) is 31.8 Å². The SMILES string of the molecule is CCCN(CC(C)(C)CN)C(C)c1cncs1. The van der Waals surface area contributed by atoms with Crippen molar-refractivity contribution >= 4 is 11.3 Å². The zero-order valence-electron chi connectivity index (χ0n) is 11.4. The highest BCUT2D eigenvalue weighted by molar-refractivity contribution is 7.09. The number of rotatable bonds is 7. The molecule has 1 aromatic heterocycles. The van der Waals surface area contributed by atoms with Crippen LogP contribution in [0, 0.1) is 5.41 Å². The Hall–Kier alpha value is -0.450. The van der Waals surface area contributed by atoms with Crippen molar-refractivity contribution in [1.82, 2.24) is 9.88 Å². The molecule has 0 bridgehead atoms. The molecular formula is C13H25N3S. The summed E-state index contributed by atoms with van der Waals surface area (Å²) in [6.45, 7) is 11.8. The van der Waals surface area contributed by atoms with E-state index in [-0.39, 0.29) is 5.41 Å². The van der Waals surface area contributed by atoms with Crippen molar-refractivity contribution in [3.8, 4) is 0 Å². The van der Waals surface area contributed by atoms with Gasteiger partial charge in [0.05, 0.1) is 5.51 Å². The summed E-state index contributed by atoms with van der Waals surface area (Å²) in [5.41, 5.74) is 7.91. The first-order valence-electron chi connectivity index (χ1n) is 6.32. The molecule has 0 saturated heterocycles. The van der Waals surface area contributed by atoms with Crippen LogP contribution in [0.25, 0.3) is 0 Å². The second-order valence-corrected chi connectivity index (χ2v) is 6.34. The molecule has 1 heterocycles. The van der Waals surface area contributed by atoms with E-state index in [0.29, 0.717) is 6.04 Å². The van der Waals surface area contributed by atoms with Crippen LogP contribution in [0.4, 0.5) is 0 Å². The fourth-order valence-corrected chi connectivity index (χ4v) is 2.63. The third kappa shape index (κ3) is 4.37. The molecule has 2 N–H and O–H groups in total. The Morgan fingerprint density at radius 1 is 1.53 bits per heavy atom. The number of nitrogens with two attached hydrogens (primary N) is 1. The summed E-state index contributed by atoms with van der Waals surface area (Å²) in [6.07, 6.45) is 3.15. The highest BCUT2D eigenvalue weighted by Gasteiger charge is 2.24. The first-order valence-corrected chi connectivity index (χ1v) is 7.20. The van der Waals surface area contributed by atoms with Crippen LogP contribution < -0.4 is 5.73 Å². The number of hydrogen-bond donors (Lipinski definition) is 1. The van der Waals surface area contributed by atoms with E-state index in [2.05, 4.69) is 37.6 Å². The van der Waals surface area contributed by atoms with Crippen LogP contribution in [0.3, 0.4) is 0 Å². The Balaban J connectivity index is 2.71. The van der Waals surface area contributed by atoms with Gasteiger partial charge in [-0.15, -0.1) is 11.3 Å². The van der Waals surface area contributed by atoms with Crippen molar-refractivity contribution in [2.75, 3.05) is 19.6 Å². The first kappa shape index (κ1) is 14.6. The minimum atomic E-state index is 0.175. The van der Waals surface area contributed by atoms with Gasteiger partial charge in [0.2, 0.25) is 0 Å². The Kier molecular flexibility index (Phi) is 5.56. The number of thiazole rings is 1. The van der Waals surface area contributed by atoms with Gasteiger partial charge in [0.1, 0.15) is 0 Å². The fourth-order valence-electron chi connectivity index (χ4n) is 1.92. The number of hydrogen-bond acceptors (Lipinski definition) is 4. The molecule has 3 nitrogen and oxygen atoms in total. The minimum Gasteiger partial charge on any atom is -0.330 e. The third-order valence-electron chi connectivity index (χ3n) is 3.11. The van der Waals surface area contributed by atoms with Gasteiger partial charge in [-0.1, -0.05) is 20.8 Å². The highest BCUT2D eigenvalue weighted by Crippen LogP contribution is 2.27. The van der Waals surface area contributed by atoms with Gasteiger partial charge in [0, 0.05) is 23.7 Å². The quantitative estimate of drug-likeness (QED) is 0.814. The van der Waals surface area contributed by atoms with Crippen LogP contribution in [0.15, 0.2) is 11.7 Å². The zero-order chi connectivity index (χ0) is 12.9. The molecule has 0 amide bonds. The van der Waals surface area contributed by atoms with Gasteiger partial charge in [0.25, 0.3) is 0 Å². The van der Waals surface area contributed by atoms with E-state index in [1.54, 1.807) is 11.3 Å². The van der Waals surface area contributed by atoms with Crippen molar-refractivity contribution in [3.05, 3.63) is 16.6 Å². The van der Waals surface area contributed by atoms with E-state index in [9.17, 15) is 0 Å². The average molecular weight is 255 g/mol. The van der Waals surface area contributed by atoms with Crippen LogP contribution in [0.5, 0.6) is 0 Å². The van der Waals surface area contributed by atoms with Crippen LogP contribution in [-0.2, 0) is 0 Å². The van der Waals surface area contributed by atoms with Crippen molar-refractivity contribution in [2.24, 2.45) is 11.1 Å². The molecule has 98 valence electrons. The lowest BCUT2D eigenvalue weighted by atomic mass is 9.92. The van der Waals surface area contributed by atoms with E-state index < -0.39 is 0 Å². The summed E-state index contributed by atoms with van der Waals surface area (Å²) in [5, 5.41) is 0. The van der Waals surface area contributed by atoms with Crippen molar-refractivity contribution in [3.63, 3.8) is 0 Å². The minimum absolute atomic E-state index is 0.175. The molecular weight excluding hydrogens is 230 g/mol. The molecule has 1 rings (SSSR count). The van der Waals surface area contributed by atoms with Gasteiger partial charge in [-0.3, -0.25) is 9.88 Å². The third-order valence-corrected chi connectivity index (χ3v) is 4.05. The molecule has 4 heteroatoms. The molecule has 1 aromatic rings. The Morgan fingerprint density at radius 3 is 2.71 bits per heavy atom. The molecule has 1 atom stereocenters. The Labute approximate surface area is 109 Å². The van der Waals surface area contributed by atoms with Crippen molar-refractivity contribution in [1.29, 1.82) is 0 Å². The second-order valence-electron chi connectivity index (χ2n) is 5.42. The Morgan fingerprint density at radius 2 is 2.24 bits per heavy atom. The molecule has 0 saturated carbocycles. The van der Waals surface area contributed by atoms with Gasteiger partial charge in [-0.25, -0.2) is 0 Å². The lowest BCUT2D eigenvalue weighted by Crippen LogP contribution is -2.40.